The van der Waals surface area contributed by atoms with Gasteiger partial charge in [-0.05, 0) is 45.3 Å². The molecule has 38 heavy (non-hydrogen) atoms. The van der Waals surface area contributed by atoms with Crippen molar-refractivity contribution < 1.29 is 50.1 Å². The van der Waals surface area contributed by atoms with Gasteiger partial charge in [-0.25, -0.2) is 22.0 Å². The molecular weight excluding hydrogens is 539 g/mol. The highest BCUT2D eigenvalue weighted by Crippen LogP contribution is 2.43. The number of amides is 1. The number of alkyl halides is 3. The second kappa shape index (κ2) is 9.75. The van der Waals surface area contributed by atoms with E-state index in [4.69, 9.17) is 15.0 Å². The quantitative estimate of drug-likeness (QED) is 0.560. The Labute approximate surface area is 221 Å². The number of carbonyl (C=O) groups is 1. The van der Waals surface area contributed by atoms with Crippen molar-refractivity contribution in [3.05, 3.63) is 52.9 Å². The molecule has 2 aromatic rings. The average molecular weight is 571 g/mol. The number of carbonyl (C=O) groups excluding carboxylic acids is 1. The van der Waals surface area contributed by atoms with Crippen molar-refractivity contribution in [3.8, 4) is 0 Å². The summed E-state index contributed by atoms with van der Waals surface area (Å²) in [6.07, 6.45) is -16.1. The molecule has 15 heteroatoms. The van der Waals surface area contributed by atoms with Crippen molar-refractivity contribution >= 4 is 16.1 Å². The fourth-order valence-corrected chi connectivity index (χ4v) is 4.86. The highest BCUT2D eigenvalue weighted by Gasteiger charge is 2.55. The van der Waals surface area contributed by atoms with Gasteiger partial charge in [-0.3, -0.25) is 4.90 Å². The first kappa shape index (κ1) is 23.1. The molecule has 0 radical (unpaired) electrons. The molecule has 4 rings (SSSR count). The standard InChI is InChI=1S/C23H27F5N4O5S/c1-22(2,3)37-21(33)30-16-8-17(31-10-12-9-29-32(18(12)11-31)38(4,34)35)20(23(26,27)28)36-19(16)14-7-13(24)5-6-15(14)25/h5-7,9,16-17,19-20H,8,10-11H2,1-4H3,(H,30,33)/t16-,17?,19+,20?/m0/s1/i8D2,17D,20D. The monoisotopic (exact) mass is 570 g/mol. The van der Waals surface area contributed by atoms with Crippen LogP contribution in [0.4, 0.5) is 26.7 Å². The number of rotatable bonds is 4. The first-order chi connectivity index (χ1) is 18.9. The maximum absolute atomic E-state index is 14.9. The van der Waals surface area contributed by atoms with Gasteiger partial charge in [0, 0.05) is 34.3 Å². The average Bonchev–Trinajstić information content (AvgIpc) is 3.40. The highest BCUT2D eigenvalue weighted by molar-refractivity contribution is 7.89. The molecule has 0 aliphatic carbocycles. The number of aromatic nitrogens is 2. The van der Waals surface area contributed by atoms with Gasteiger partial charge in [0.15, 0.2) is 6.08 Å². The lowest BCUT2D eigenvalue weighted by Gasteiger charge is -2.45. The molecule has 0 spiro atoms. The van der Waals surface area contributed by atoms with E-state index in [0.717, 1.165) is 12.5 Å². The van der Waals surface area contributed by atoms with Gasteiger partial charge in [0.05, 0.1) is 25.6 Å². The van der Waals surface area contributed by atoms with Gasteiger partial charge in [-0.2, -0.15) is 22.4 Å². The summed E-state index contributed by atoms with van der Waals surface area (Å²) in [6.45, 7) is 2.82. The number of nitrogens with one attached hydrogen (secondary N) is 1. The van der Waals surface area contributed by atoms with E-state index in [0.29, 0.717) is 27.2 Å². The van der Waals surface area contributed by atoms with E-state index in [1.54, 1.807) is 0 Å². The molecule has 0 bridgehead atoms. The van der Waals surface area contributed by atoms with Gasteiger partial charge in [-0.1, -0.05) is 0 Å². The van der Waals surface area contributed by atoms with Gasteiger partial charge in [0.2, 0.25) is 0 Å². The molecule has 1 amide bonds. The Bertz CT molecular complexity index is 1520. The lowest BCUT2D eigenvalue weighted by molar-refractivity contribution is -0.270. The Kier molecular flexibility index (Phi) is 5.94. The van der Waals surface area contributed by atoms with Crippen LogP contribution in [0.15, 0.2) is 24.4 Å². The minimum absolute atomic E-state index is 0.0299. The van der Waals surface area contributed by atoms with Crippen LogP contribution in [-0.2, 0) is 32.6 Å². The SMILES string of the molecule is [2H]C1([2H])[C@H](NC(=O)OC(C)(C)C)[C@@H](c2cc(F)ccc2F)OC([2H])(C(F)(F)F)C1([2H])N1Cc2cnn(S(C)(=O)=O)c2C1. The molecule has 1 aromatic heterocycles. The lowest BCUT2D eigenvalue weighted by atomic mass is 9.88. The molecule has 2 unspecified atom stereocenters. The van der Waals surface area contributed by atoms with E-state index >= 15 is 0 Å². The van der Waals surface area contributed by atoms with Crippen LogP contribution >= 0.6 is 0 Å². The normalized spacial score (nSPS) is 31.5. The molecule has 4 atom stereocenters. The minimum Gasteiger partial charge on any atom is -0.444 e. The molecule has 1 N–H and O–H groups in total. The minimum atomic E-state index is -5.83. The number of hydrogen-bond donors (Lipinski definition) is 1. The van der Waals surface area contributed by atoms with E-state index in [1.165, 1.54) is 20.8 Å². The van der Waals surface area contributed by atoms with Crippen molar-refractivity contribution in [2.75, 3.05) is 6.26 Å². The third-order valence-electron chi connectivity index (χ3n) is 5.50. The fourth-order valence-electron chi connectivity index (χ4n) is 4.07. The van der Waals surface area contributed by atoms with Crippen molar-refractivity contribution in [3.63, 3.8) is 0 Å². The van der Waals surface area contributed by atoms with Crippen molar-refractivity contribution in [2.24, 2.45) is 0 Å². The van der Waals surface area contributed by atoms with Gasteiger partial charge in [0.25, 0.3) is 10.0 Å². The number of nitrogens with zero attached hydrogens (tertiary/aromatic N) is 3. The molecule has 2 aliphatic heterocycles. The van der Waals surface area contributed by atoms with Crippen LogP contribution in [0.2, 0.25) is 0 Å². The maximum Gasteiger partial charge on any atom is 0.416 e. The fraction of sp³-hybridized carbons (Fsp3) is 0.565. The van der Waals surface area contributed by atoms with Crippen molar-refractivity contribution in [1.82, 2.24) is 19.4 Å². The van der Waals surface area contributed by atoms with Crippen LogP contribution in [0, 0.1) is 11.6 Å². The molecule has 1 aromatic carbocycles. The predicted molar refractivity (Wildman–Crippen MR) is 123 cm³/mol. The van der Waals surface area contributed by atoms with Crippen molar-refractivity contribution in [2.45, 2.75) is 76.3 Å². The van der Waals surface area contributed by atoms with E-state index < -0.39 is 88.8 Å². The van der Waals surface area contributed by atoms with E-state index in [-0.39, 0.29) is 11.3 Å². The molecule has 9 nitrogen and oxygen atoms in total. The Morgan fingerprint density at radius 2 is 1.95 bits per heavy atom. The number of fused-ring (bicyclic) bond motifs is 1. The van der Waals surface area contributed by atoms with Gasteiger partial charge < -0.3 is 14.8 Å². The third-order valence-corrected chi connectivity index (χ3v) is 6.44. The largest absolute Gasteiger partial charge is 0.444 e. The number of hydrogen-bond acceptors (Lipinski definition) is 7. The summed E-state index contributed by atoms with van der Waals surface area (Å²) >= 11 is 0. The zero-order valence-electron chi connectivity index (χ0n) is 24.6. The second-order valence-electron chi connectivity index (χ2n) is 9.73. The molecule has 3 heterocycles. The number of halogens is 5. The van der Waals surface area contributed by atoms with Crippen molar-refractivity contribution in [1.29, 1.82) is 0 Å². The molecule has 2 aliphatic rings. The predicted octanol–water partition coefficient (Wildman–Crippen LogP) is 3.64. The van der Waals surface area contributed by atoms with Gasteiger partial charge >= 0.3 is 12.3 Å². The van der Waals surface area contributed by atoms with Crippen LogP contribution in [0.5, 0.6) is 0 Å². The summed E-state index contributed by atoms with van der Waals surface area (Å²) in [5.74, 6) is -2.48. The first-order valence-electron chi connectivity index (χ1n) is 13.1. The van der Waals surface area contributed by atoms with E-state index in [9.17, 15) is 35.2 Å². The molecule has 1 saturated heterocycles. The van der Waals surface area contributed by atoms with Crippen LogP contribution in [0.3, 0.4) is 0 Å². The van der Waals surface area contributed by atoms with Crippen LogP contribution in [0.1, 0.15) is 55.6 Å². The highest BCUT2D eigenvalue weighted by atomic mass is 32.2. The molecule has 0 saturated carbocycles. The summed E-state index contributed by atoms with van der Waals surface area (Å²) in [4.78, 5) is 13.3. The van der Waals surface area contributed by atoms with Gasteiger partial charge in [0.1, 0.15) is 23.3 Å². The summed E-state index contributed by atoms with van der Waals surface area (Å²) < 4.78 is 144. The Morgan fingerprint density at radius 1 is 1.26 bits per heavy atom. The maximum atomic E-state index is 14.9. The molecule has 1 fully saturated rings. The number of ether oxygens (including phenoxy) is 2. The Morgan fingerprint density at radius 3 is 2.55 bits per heavy atom. The van der Waals surface area contributed by atoms with Crippen LogP contribution < -0.4 is 5.32 Å². The zero-order chi connectivity index (χ0) is 31.8. The topological polar surface area (TPSA) is 103 Å². The smallest absolute Gasteiger partial charge is 0.416 e. The lowest BCUT2D eigenvalue weighted by Crippen LogP contribution is -2.59. The van der Waals surface area contributed by atoms with E-state index in [2.05, 4.69) is 5.10 Å². The molecule has 210 valence electrons. The third kappa shape index (κ3) is 5.94. The number of alkyl carbamates (subject to hydrolysis) is 1. The number of benzene rings is 1. The molecular formula is C23H27F5N4O5S. The second-order valence-corrected chi connectivity index (χ2v) is 11.5. The first-order valence-corrected chi connectivity index (χ1v) is 13.0. The summed E-state index contributed by atoms with van der Waals surface area (Å²) in [6, 6.07) is -4.54. The summed E-state index contributed by atoms with van der Waals surface area (Å²) in [5, 5.41) is 5.71. The zero-order valence-corrected chi connectivity index (χ0v) is 21.4. The summed E-state index contributed by atoms with van der Waals surface area (Å²) in [7, 11) is -4.07. The van der Waals surface area contributed by atoms with E-state index in [1.807, 2.05) is 5.32 Å². The van der Waals surface area contributed by atoms with Gasteiger partial charge in [-0.15, -0.1) is 0 Å². The Balaban J connectivity index is 1.93. The van der Waals surface area contributed by atoms with Crippen LogP contribution in [-0.4, -0.2) is 64.8 Å². The Hall–Kier alpha value is -2.78. The summed E-state index contributed by atoms with van der Waals surface area (Å²) in [5.41, 5.74) is -2.30. The van der Waals surface area contributed by atoms with Crippen LogP contribution in [0.25, 0.3) is 0 Å².